The monoisotopic (exact) mass is 445 g/mol. The molecule has 1 aliphatic rings. The van der Waals surface area contributed by atoms with E-state index in [2.05, 4.69) is 5.32 Å². The Morgan fingerprint density at radius 1 is 1.00 bits per heavy atom. The van der Waals surface area contributed by atoms with E-state index in [1.165, 1.54) is 11.3 Å². The van der Waals surface area contributed by atoms with E-state index in [1.807, 2.05) is 41.3 Å². The molecule has 1 aromatic heterocycles. The number of carbonyl (C=O) groups excluding carboxylic acids is 3. The lowest BCUT2D eigenvalue weighted by molar-refractivity contribution is -0.117. The van der Waals surface area contributed by atoms with Crippen LogP contribution in [0, 0.1) is 0 Å². The molecule has 166 valence electrons. The predicted molar refractivity (Wildman–Crippen MR) is 119 cm³/mol. The fraction of sp³-hybridized carbons (Fsp3) is 0.409. The van der Waals surface area contributed by atoms with Gasteiger partial charge in [-0.05, 0) is 25.5 Å². The summed E-state index contributed by atoms with van der Waals surface area (Å²) in [5, 5.41) is 2.87. The average Bonchev–Trinajstić information content (AvgIpc) is 3.19. The third-order valence-electron chi connectivity index (χ3n) is 4.79. The average molecular weight is 446 g/mol. The zero-order chi connectivity index (χ0) is 22.2. The van der Waals surface area contributed by atoms with Crippen molar-refractivity contribution in [1.82, 2.24) is 9.80 Å². The minimum atomic E-state index is -0.451. The molecule has 1 fully saturated rings. The Kier molecular flexibility index (Phi) is 8.02. The van der Waals surface area contributed by atoms with Gasteiger partial charge in [0.05, 0.1) is 25.4 Å². The van der Waals surface area contributed by atoms with Crippen LogP contribution in [0.2, 0.25) is 0 Å². The maximum atomic E-state index is 12.7. The number of hydrogen-bond donors (Lipinski definition) is 1. The van der Waals surface area contributed by atoms with Crippen LogP contribution >= 0.6 is 11.3 Å². The summed E-state index contributed by atoms with van der Waals surface area (Å²) in [6, 6.07) is 11.5. The number of nitrogens with zero attached hydrogens (tertiary/aromatic N) is 2. The summed E-state index contributed by atoms with van der Waals surface area (Å²) in [7, 11) is 0. The standard InChI is InChI=1S/C22H27N3O5S/c1-3-29-21(27)20-17(14-18(31-20)16-8-6-5-7-9-16)23-19(26)15-24-10-12-25(13-11-24)22(28)30-4-2/h5-9,14H,3-4,10-13,15H2,1-2H3,(H,23,26). The summed E-state index contributed by atoms with van der Waals surface area (Å²) < 4.78 is 10.2. The van der Waals surface area contributed by atoms with Gasteiger partial charge in [-0.2, -0.15) is 0 Å². The molecule has 0 saturated carbocycles. The molecule has 1 aromatic carbocycles. The number of amides is 2. The summed E-state index contributed by atoms with van der Waals surface area (Å²) in [6.07, 6.45) is -0.322. The SMILES string of the molecule is CCOC(=O)c1sc(-c2ccccc2)cc1NC(=O)CN1CCN(C(=O)OCC)CC1. The van der Waals surface area contributed by atoms with Crippen LogP contribution in [0.25, 0.3) is 10.4 Å². The van der Waals surface area contributed by atoms with Crippen LogP contribution in [0.3, 0.4) is 0 Å². The third kappa shape index (κ3) is 6.05. The molecule has 1 aliphatic heterocycles. The highest BCUT2D eigenvalue weighted by Gasteiger charge is 2.24. The van der Waals surface area contributed by atoms with E-state index in [0.717, 1.165) is 10.4 Å². The van der Waals surface area contributed by atoms with E-state index in [4.69, 9.17) is 9.47 Å². The Labute approximate surface area is 185 Å². The van der Waals surface area contributed by atoms with Crippen LogP contribution in [0.15, 0.2) is 36.4 Å². The zero-order valence-electron chi connectivity index (χ0n) is 17.8. The fourth-order valence-corrected chi connectivity index (χ4v) is 4.29. The zero-order valence-corrected chi connectivity index (χ0v) is 18.6. The van der Waals surface area contributed by atoms with Crippen molar-refractivity contribution in [2.24, 2.45) is 0 Å². The predicted octanol–water partition coefficient (Wildman–Crippen LogP) is 3.30. The lowest BCUT2D eigenvalue weighted by Gasteiger charge is -2.33. The van der Waals surface area contributed by atoms with E-state index in [1.54, 1.807) is 18.7 Å². The highest BCUT2D eigenvalue weighted by atomic mass is 32.1. The maximum absolute atomic E-state index is 12.7. The van der Waals surface area contributed by atoms with E-state index >= 15 is 0 Å². The minimum Gasteiger partial charge on any atom is -0.462 e. The van der Waals surface area contributed by atoms with Gasteiger partial charge in [-0.25, -0.2) is 9.59 Å². The molecule has 8 nitrogen and oxygen atoms in total. The first-order chi connectivity index (χ1) is 15.0. The lowest BCUT2D eigenvalue weighted by Crippen LogP contribution is -2.50. The second kappa shape index (κ2) is 10.9. The Morgan fingerprint density at radius 3 is 2.32 bits per heavy atom. The van der Waals surface area contributed by atoms with Gasteiger partial charge in [-0.15, -0.1) is 11.3 Å². The van der Waals surface area contributed by atoms with Crippen LogP contribution in [-0.4, -0.2) is 73.7 Å². The van der Waals surface area contributed by atoms with Gasteiger partial charge in [0.15, 0.2) is 0 Å². The molecule has 0 atom stereocenters. The van der Waals surface area contributed by atoms with Gasteiger partial charge < -0.3 is 19.7 Å². The molecule has 9 heteroatoms. The number of anilines is 1. The van der Waals surface area contributed by atoms with Crippen molar-refractivity contribution in [3.05, 3.63) is 41.3 Å². The van der Waals surface area contributed by atoms with Gasteiger partial charge in [0.25, 0.3) is 0 Å². The molecular formula is C22H27N3O5S. The first-order valence-electron chi connectivity index (χ1n) is 10.3. The van der Waals surface area contributed by atoms with Gasteiger partial charge in [0.2, 0.25) is 5.91 Å². The molecule has 0 radical (unpaired) electrons. The third-order valence-corrected chi connectivity index (χ3v) is 5.95. The van der Waals surface area contributed by atoms with Crippen molar-refractivity contribution in [3.8, 4) is 10.4 Å². The lowest BCUT2D eigenvalue weighted by atomic mass is 10.2. The minimum absolute atomic E-state index is 0.176. The van der Waals surface area contributed by atoms with Gasteiger partial charge in [-0.1, -0.05) is 30.3 Å². The summed E-state index contributed by atoms with van der Waals surface area (Å²) in [6.45, 7) is 6.48. The Bertz CT molecular complexity index is 907. The summed E-state index contributed by atoms with van der Waals surface area (Å²) in [5.41, 5.74) is 1.42. The molecule has 2 aromatic rings. The summed E-state index contributed by atoms with van der Waals surface area (Å²) in [5.74, 6) is -0.666. The topological polar surface area (TPSA) is 88.2 Å². The Balaban J connectivity index is 1.64. The Morgan fingerprint density at radius 2 is 1.68 bits per heavy atom. The summed E-state index contributed by atoms with van der Waals surface area (Å²) in [4.78, 5) is 41.8. The maximum Gasteiger partial charge on any atom is 0.409 e. The van der Waals surface area contributed by atoms with Crippen LogP contribution in [0.5, 0.6) is 0 Å². The molecule has 0 aliphatic carbocycles. The van der Waals surface area contributed by atoms with Crippen LogP contribution < -0.4 is 5.32 Å². The van der Waals surface area contributed by atoms with E-state index in [9.17, 15) is 14.4 Å². The van der Waals surface area contributed by atoms with Crippen LogP contribution in [0.4, 0.5) is 10.5 Å². The second-order valence-corrected chi connectivity index (χ2v) is 8.00. The highest BCUT2D eigenvalue weighted by Crippen LogP contribution is 2.35. The summed E-state index contributed by atoms with van der Waals surface area (Å²) >= 11 is 1.30. The molecule has 2 heterocycles. The van der Waals surface area contributed by atoms with Crippen LogP contribution in [0.1, 0.15) is 23.5 Å². The quantitative estimate of drug-likeness (QED) is 0.658. The smallest absolute Gasteiger partial charge is 0.409 e. The first-order valence-corrected chi connectivity index (χ1v) is 11.1. The molecule has 2 amide bonds. The van der Waals surface area contributed by atoms with Crippen molar-refractivity contribution < 1.29 is 23.9 Å². The van der Waals surface area contributed by atoms with Crippen molar-refractivity contribution >= 4 is 35.0 Å². The number of carbonyl (C=O) groups is 3. The van der Waals surface area contributed by atoms with Gasteiger partial charge in [-0.3, -0.25) is 9.69 Å². The molecule has 1 N–H and O–H groups in total. The molecular weight excluding hydrogens is 418 g/mol. The molecule has 0 unspecified atom stereocenters. The number of benzene rings is 1. The fourth-order valence-electron chi connectivity index (χ4n) is 3.27. The molecule has 1 saturated heterocycles. The normalized spacial score (nSPS) is 14.2. The first kappa shape index (κ1) is 22.8. The molecule has 0 bridgehead atoms. The number of ether oxygens (including phenoxy) is 2. The number of rotatable bonds is 7. The second-order valence-electron chi connectivity index (χ2n) is 6.95. The van der Waals surface area contributed by atoms with Crippen molar-refractivity contribution in [1.29, 1.82) is 0 Å². The van der Waals surface area contributed by atoms with Gasteiger partial charge in [0, 0.05) is 31.1 Å². The molecule has 3 rings (SSSR count). The number of piperazine rings is 1. The van der Waals surface area contributed by atoms with Crippen molar-refractivity contribution in [2.45, 2.75) is 13.8 Å². The van der Waals surface area contributed by atoms with Gasteiger partial charge in [0.1, 0.15) is 4.88 Å². The van der Waals surface area contributed by atoms with E-state index in [0.29, 0.717) is 43.4 Å². The Hall–Kier alpha value is -2.91. The largest absolute Gasteiger partial charge is 0.462 e. The van der Waals surface area contributed by atoms with E-state index < -0.39 is 5.97 Å². The highest BCUT2D eigenvalue weighted by molar-refractivity contribution is 7.18. The van der Waals surface area contributed by atoms with Gasteiger partial charge >= 0.3 is 12.1 Å². The molecule has 31 heavy (non-hydrogen) atoms. The van der Waals surface area contributed by atoms with E-state index in [-0.39, 0.29) is 25.2 Å². The molecule has 0 spiro atoms. The number of thiophene rings is 1. The van der Waals surface area contributed by atoms with Crippen LogP contribution in [-0.2, 0) is 14.3 Å². The number of hydrogen-bond acceptors (Lipinski definition) is 7. The number of nitrogens with one attached hydrogen (secondary N) is 1. The van der Waals surface area contributed by atoms with Crippen molar-refractivity contribution in [2.75, 3.05) is 51.3 Å². The number of esters is 1. The van der Waals surface area contributed by atoms with Crippen molar-refractivity contribution in [3.63, 3.8) is 0 Å².